The average Bonchev–Trinajstić information content (AvgIpc) is 2.87. The number of imide groups is 1. The molecule has 1 N–H and O–H groups in total. The van der Waals surface area contributed by atoms with Gasteiger partial charge in [0.05, 0.1) is 11.1 Å². The number of hydrogen-bond acceptors (Lipinski definition) is 3. The van der Waals surface area contributed by atoms with Gasteiger partial charge in [-0.15, -0.1) is 0 Å². The van der Waals surface area contributed by atoms with Crippen molar-refractivity contribution in [3.63, 3.8) is 0 Å². The number of amides is 3. The first kappa shape index (κ1) is 20.1. The molecular weight excluding hydrogens is 328 g/mol. The van der Waals surface area contributed by atoms with E-state index < -0.39 is 0 Å². The van der Waals surface area contributed by atoms with Gasteiger partial charge in [0, 0.05) is 20.0 Å². The summed E-state index contributed by atoms with van der Waals surface area (Å²) in [6.45, 7) is 2.86. The molecule has 0 bridgehead atoms. The molecule has 5 nitrogen and oxygen atoms in total. The van der Waals surface area contributed by atoms with Gasteiger partial charge in [-0.1, -0.05) is 57.1 Å². The fraction of sp³-hybridized carbons (Fsp3) is 0.571. The second kappa shape index (κ2) is 10.7. The van der Waals surface area contributed by atoms with Crippen molar-refractivity contribution in [1.29, 1.82) is 0 Å². The topological polar surface area (TPSA) is 66.5 Å². The molecule has 0 spiro atoms. The van der Waals surface area contributed by atoms with E-state index in [9.17, 15) is 14.4 Å². The lowest BCUT2D eigenvalue weighted by molar-refractivity contribution is -0.118. The highest BCUT2D eigenvalue weighted by Gasteiger charge is 2.34. The van der Waals surface area contributed by atoms with Crippen molar-refractivity contribution in [2.45, 2.75) is 64.7 Å². The van der Waals surface area contributed by atoms with Gasteiger partial charge in [0.25, 0.3) is 11.8 Å². The minimum atomic E-state index is -0.148. The number of hydrogen-bond donors (Lipinski definition) is 1. The first-order valence-corrected chi connectivity index (χ1v) is 9.81. The molecule has 0 atom stereocenters. The van der Waals surface area contributed by atoms with Crippen molar-refractivity contribution in [2.75, 3.05) is 13.1 Å². The van der Waals surface area contributed by atoms with Crippen molar-refractivity contribution in [3.05, 3.63) is 35.4 Å². The lowest BCUT2D eigenvalue weighted by atomic mass is 10.1. The Morgan fingerprint density at radius 2 is 1.27 bits per heavy atom. The zero-order chi connectivity index (χ0) is 18.8. The van der Waals surface area contributed by atoms with Crippen LogP contribution in [0.5, 0.6) is 0 Å². The molecule has 1 heterocycles. The summed E-state index contributed by atoms with van der Waals surface area (Å²) < 4.78 is 0. The van der Waals surface area contributed by atoms with Crippen LogP contribution in [-0.2, 0) is 4.79 Å². The highest BCUT2D eigenvalue weighted by Crippen LogP contribution is 2.22. The molecule has 0 saturated carbocycles. The van der Waals surface area contributed by atoms with Crippen LogP contribution in [0.3, 0.4) is 0 Å². The van der Waals surface area contributed by atoms with Crippen LogP contribution >= 0.6 is 0 Å². The van der Waals surface area contributed by atoms with E-state index in [0.717, 1.165) is 32.2 Å². The standard InChI is InChI=1S/C21H30N2O3/c1-17(24)22-15-11-7-5-3-2-4-6-8-12-16-23-20(25)18-13-9-10-14-19(18)21(23)26/h9-10,13-14H,2-8,11-12,15-16H2,1H3,(H,22,24). The highest BCUT2D eigenvalue weighted by atomic mass is 16.2. The van der Waals surface area contributed by atoms with E-state index in [-0.39, 0.29) is 17.7 Å². The molecule has 0 radical (unpaired) electrons. The molecule has 26 heavy (non-hydrogen) atoms. The van der Waals surface area contributed by atoms with E-state index in [4.69, 9.17) is 0 Å². The number of fused-ring (bicyclic) bond motifs is 1. The van der Waals surface area contributed by atoms with Gasteiger partial charge in [-0.25, -0.2) is 0 Å². The normalized spacial score (nSPS) is 13.2. The van der Waals surface area contributed by atoms with Crippen LogP contribution in [0.1, 0.15) is 85.4 Å². The third-order valence-corrected chi connectivity index (χ3v) is 4.81. The Bertz CT molecular complexity index is 592. The van der Waals surface area contributed by atoms with Gasteiger partial charge >= 0.3 is 0 Å². The van der Waals surface area contributed by atoms with Crippen molar-refractivity contribution in [3.8, 4) is 0 Å². The number of carbonyl (C=O) groups is 3. The van der Waals surface area contributed by atoms with Crippen molar-refractivity contribution in [2.24, 2.45) is 0 Å². The fourth-order valence-corrected chi connectivity index (χ4v) is 3.34. The van der Waals surface area contributed by atoms with E-state index in [1.807, 2.05) is 0 Å². The zero-order valence-electron chi connectivity index (χ0n) is 15.8. The van der Waals surface area contributed by atoms with Gasteiger partial charge in [-0.3, -0.25) is 19.3 Å². The second-order valence-corrected chi connectivity index (χ2v) is 6.97. The molecule has 5 heteroatoms. The van der Waals surface area contributed by atoms with Crippen LogP contribution in [0, 0.1) is 0 Å². The van der Waals surface area contributed by atoms with Gasteiger partial charge in [-0.05, 0) is 25.0 Å². The van der Waals surface area contributed by atoms with Gasteiger partial charge in [0.2, 0.25) is 5.91 Å². The molecule has 1 aliphatic heterocycles. The number of carbonyl (C=O) groups excluding carboxylic acids is 3. The molecule has 2 rings (SSSR count). The molecule has 1 aromatic carbocycles. The minimum Gasteiger partial charge on any atom is -0.356 e. The number of benzene rings is 1. The summed E-state index contributed by atoms with van der Waals surface area (Å²) in [6, 6.07) is 7.05. The van der Waals surface area contributed by atoms with E-state index in [0.29, 0.717) is 17.7 Å². The molecule has 3 amide bonds. The fourth-order valence-electron chi connectivity index (χ4n) is 3.34. The molecule has 0 unspecified atom stereocenters. The molecule has 0 aliphatic carbocycles. The Kier molecular flexibility index (Phi) is 8.32. The lowest BCUT2D eigenvalue weighted by Crippen LogP contribution is -2.30. The molecule has 142 valence electrons. The highest BCUT2D eigenvalue weighted by molar-refractivity contribution is 6.21. The summed E-state index contributed by atoms with van der Waals surface area (Å²) in [7, 11) is 0. The van der Waals surface area contributed by atoms with Crippen molar-refractivity contribution < 1.29 is 14.4 Å². The van der Waals surface area contributed by atoms with Gasteiger partial charge in [0.1, 0.15) is 0 Å². The van der Waals surface area contributed by atoms with Crippen LogP contribution < -0.4 is 5.32 Å². The predicted octanol–water partition coefficient (Wildman–Crippen LogP) is 3.93. The zero-order valence-corrected chi connectivity index (χ0v) is 15.8. The Morgan fingerprint density at radius 3 is 1.77 bits per heavy atom. The number of nitrogens with one attached hydrogen (secondary N) is 1. The van der Waals surface area contributed by atoms with Crippen LogP contribution in [0.2, 0.25) is 0 Å². The van der Waals surface area contributed by atoms with E-state index in [1.165, 1.54) is 37.0 Å². The molecule has 0 saturated heterocycles. The molecule has 1 aliphatic rings. The van der Waals surface area contributed by atoms with Crippen LogP contribution in [0.4, 0.5) is 0 Å². The van der Waals surface area contributed by atoms with E-state index in [2.05, 4.69) is 5.32 Å². The number of unbranched alkanes of at least 4 members (excludes halogenated alkanes) is 8. The number of rotatable bonds is 12. The van der Waals surface area contributed by atoms with Gasteiger partial charge in [0.15, 0.2) is 0 Å². The van der Waals surface area contributed by atoms with Gasteiger partial charge < -0.3 is 5.32 Å². The predicted molar refractivity (Wildman–Crippen MR) is 102 cm³/mol. The van der Waals surface area contributed by atoms with Crippen molar-refractivity contribution >= 4 is 17.7 Å². The summed E-state index contributed by atoms with van der Waals surface area (Å²) in [5, 5.41) is 2.82. The summed E-state index contributed by atoms with van der Waals surface area (Å²) in [6.07, 6.45) is 10.2. The molecule has 0 aromatic heterocycles. The summed E-state index contributed by atoms with van der Waals surface area (Å²) in [5.74, 6) is -0.249. The first-order valence-electron chi connectivity index (χ1n) is 9.81. The summed E-state index contributed by atoms with van der Waals surface area (Å²) in [5.41, 5.74) is 1.08. The summed E-state index contributed by atoms with van der Waals surface area (Å²) in [4.78, 5) is 36.6. The maximum absolute atomic E-state index is 12.2. The third-order valence-electron chi connectivity index (χ3n) is 4.81. The van der Waals surface area contributed by atoms with Crippen LogP contribution in [-0.4, -0.2) is 35.7 Å². The van der Waals surface area contributed by atoms with E-state index in [1.54, 1.807) is 31.2 Å². The largest absolute Gasteiger partial charge is 0.356 e. The summed E-state index contributed by atoms with van der Waals surface area (Å²) >= 11 is 0. The van der Waals surface area contributed by atoms with Crippen LogP contribution in [0.15, 0.2) is 24.3 Å². The average molecular weight is 358 g/mol. The second-order valence-electron chi connectivity index (χ2n) is 6.97. The Balaban J connectivity index is 1.47. The van der Waals surface area contributed by atoms with Crippen molar-refractivity contribution in [1.82, 2.24) is 10.2 Å². The monoisotopic (exact) mass is 358 g/mol. The maximum atomic E-state index is 12.2. The SMILES string of the molecule is CC(=O)NCCCCCCCCCCCN1C(=O)c2ccccc2C1=O. The number of nitrogens with zero attached hydrogens (tertiary/aromatic N) is 1. The molecule has 1 aromatic rings. The molecular formula is C21H30N2O3. The maximum Gasteiger partial charge on any atom is 0.261 e. The lowest BCUT2D eigenvalue weighted by Gasteiger charge is -2.13. The van der Waals surface area contributed by atoms with Crippen LogP contribution in [0.25, 0.3) is 0 Å². The molecule has 0 fully saturated rings. The smallest absolute Gasteiger partial charge is 0.261 e. The van der Waals surface area contributed by atoms with E-state index >= 15 is 0 Å². The van der Waals surface area contributed by atoms with Gasteiger partial charge in [-0.2, -0.15) is 0 Å². The Morgan fingerprint density at radius 1 is 0.808 bits per heavy atom. The Hall–Kier alpha value is -2.17. The third kappa shape index (κ3) is 5.97. The Labute approximate surface area is 156 Å². The first-order chi connectivity index (χ1) is 12.6. The minimum absolute atomic E-state index is 0.0474. The quantitative estimate of drug-likeness (QED) is 0.455.